The lowest BCUT2D eigenvalue weighted by atomic mass is 10.0. The number of nitrogens with zero attached hydrogens (tertiary/aromatic N) is 4. The molecule has 0 bridgehead atoms. The molecule has 2 atom stereocenters. The standard InChI is InChI=1S/C23H25N7O5S3/c1-35-28-16(15-11-38-23(24)26-15)19(31)27-17-20(32)30-18(22(33)34)13(10-37-21(17)30)9-36-14-4-6-29(7-5-14)25-8-12-2-3-12/h4-7,11-12,17,21,25H,2-3,8-10H2,1H3,(H3-,24,26,27,31,33,34)/p+1/t17-,21-/m1/s1. The van der Waals surface area contributed by atoms with Gasteiger partial charge in [0.1, 0.15) is 29.9 Å². The third kappa shape index (κ3) is 5.59. The highest BCUT2D eigenvalue weighted by Gasteiger charge is 2.54. The van der Waals surface area contributed by atoms with Crippen LogP contribution in [0.2, 0.25) is 0 Å². The van der Waals surface area contributed by atoms with Crippen LogP contribution in [0.5, 0.6) is 0 Å². The van der Waals surface area contributed by atoms with Crippen LogP contribution in [0.25, 0.3) is 0 Å². The monoisotopic (exact) mass is 576 g/mol. The van der Waals surface area contributed by atoms with E-state index in [1.54, 1.807) is 5.38 Å². The van der Waals surface area contributed by atoms with Crippen LogP contribution in [0.15, 0.2) is 51.2 Å². The number of carboxylic acids is 1. The molecule has 2 fully saturated rings. The first-order chi connectivity index (χ1) is 18.4. The van der Waals surface area contributed by atoms with Gasteiger partial charge in [-0.2, -0.15) is 5.43 Å². The molecule has 5 rings (SSSR count). The zero-order valence-electron chi connectivity index (χ0n) is 20.3. The van der Waals surface area contributed by atoms with Crippen molar-refractivity contribution in [2.75, 3.05) is 36.3 Å². The van der Waals surface area contributed by atoms with Crippen LogP contribution >= 0.6 is 34.9 Å². The van der Waals surface area contributed by atoms with Gasteiger partial charge in [0.2, 0.25) is 12.4 Å². The van der Waals surface area contributed by atoms with Crippen LogP contribution in [-0.2, 0) is 19.2 Å². The number of anilines is 1. The molecule has 15 heteroatoms. The summed E-state index contributed by atoms with van der Waals surface area (Å²) < 4.78 is 1.92. The molecule has 1 saturated heterocycles. The van der Waals surface area contributed by atoms with Crippen molar-refractivity contribution in [3.63, 3.8) is 0 Å². The Bertz CT molecular complexity index is 1310. The van der Waals surface area contributed by atoms with Gasteiger partial charge >= 0.3 is 5.97 Å². The highest BCUT2D eigenvalue weighted by atomic mass is 32.2. The molecule has 4 heterocycles. The predicted molar refractivity (Wildman–Crippen MR) is 144 cm³/mol. The number of carbonyl (C=O) groups is 3. The molecule has 2 aromatic heterocycles. The number of thiazole rings is 1. The first-order valence-corrected chi connectivity index (χ1v) is 14.7. The SMILES string of the molecule is CON=C(C(=O)N[C@@H]1C(=O)N2C(C(=O)O)=C(CSc3cc[n+](NCC4CC4)cc3)CS[C@H]12)c1csc(N)n1. The third-order valence-electron chi connectivity index (χ3n) is 6.17. The summed E-state index contributed by atoms with van der Waals surface area (Å²) >= 11 is 4.06. The van der Waals surface area contributed by atoms with E-state index in [-0.39, 0.29) is 22.2 Å². The van der Waals surface area contributed by atoms with Gasteiger partial charge in [-0.15, -0.1) is 34.9 Å². The molecule has 0 unspecified atom stereocenters. The number of rotatable bonds is 11. The quantitative estimate of drug-likeness (QED) is 0.0991. The van der Waals surface area contributed by atoms with E-state index in [2.05, 4.69) is 20.9 Å². The summed E-state index contributed by atoms with van der Waals surface area (Å²) in [6, 6.07) is 3.04. The highest BCUT2D eigenvalue weighted by Crippen LogP contribution is 2.41. The molecule has 1 aliphatic carbocycles. The normalized spacial score (nSPS) is 21.0. The van der Waals surface area contributed by atoms with Gasteiger partial charge in [0.05, 0.1) is 6.54 Å². The molecular formula is C23H26N7O5S3+. The fourth-order valence-electron chi connectivity index (χ4n) is 4.04. The number of fused-ring (bicyclic) bond motifs is 1. The van der Waals surface area contributed by atoms with Gasteiger partial charge in [0, 0.05) is 33.9 Å². The number of carbonyl (C=O) groups excluding carboxylic acids is 2. The van der Waals surface area contributed by atoms with Crippen molar-refractivity contribution in [1.82, 2.24) is 15.2 Å². The summed E-state index contributed by atoms with van der Waals surface area (Å²) in [7, 11) is 1.29. The second kappa shape index (κ2) is 11.2. The lowest BCUT2D eigenvalue weighted by Gasteiger charge is -2.49. The van der Waals surface area contributed by atoms with E-state index in [1.807, 2.05) is 29.2 Å². The number of pyridine rings is 1. The molecule has 5 N–H and O–H groups in total. The Kier molecular flexibility index (Phi) is 7.76. The topological polar surface area (TPSA) is 163 Å². The van der Waals surface area contributed by atoms with Crippen molar-refractivity contribution in [2.24, 2.45) is 11.1 Å². The lowest BCUT2D eigenvalue weighted by Crippen LogP contribution is -2.71. The van der Waals surface area contributed by atoms with Crippen LogP contribution in [0.4, 0.5) is 5.13 Å². The van der Waals surface area contributed by atoms with Gasteiger partial charge in [0.25, 0.3) is 11.8 Å². The first-order valence-electron chi connectivity index (χ1n) is 11.8. The summed E-state index contributed by atoms with van der Waals surface area (Å²) in [6.07, 6.45) is 6.44. The molecule has 2 aromatic rings. The number of nitrogen functional groups attached to an aromatic ring is 1. The Morgan fingerprint density at radius 2 is 2.13 bits per heavy atom. The second-order valence-corrected chi connectivity index (χ2v) is 11.9. The van der Waals surface area contributed by atoms with Gasteiger partial charge < -0.3 is 21.0 Å². The summed E-state index contributed by atoms with van der Waals surface area (Å²) in [5, 5.41) is 17.6. The molecule has 0 spiro atoms. The molecular weight excluding hydrogens is 550 g/mol. The van der Waals surface area contributed by atoms with Crippen molar-refractivity contribution in [1.29, 1.82) is 0 Å². The van der Waals surface area contributed by atoms with Crippen LogP contribution in [0.1, 0.15) is 18.5 Å². The minimum atomic E-state index is -1.17. The van der Waals surface area contributed by atoms with Crippen molar-refractivity contribution in [3.8, 4) is 0 Å². The van der Waals surface area contributed by atoms with E-state index in [4.69, 9.17) is 10.6 Å². The van der Waals surface area contributed by atoms with Crippen LogP contribution in [-0.4, -0.2) is 75.1 Å². The highest BCUT2D eigenvalue weighted by molar-refractivity contribution is 8.01. The minimum Gasteiger partial charge on any atom is -0.477 e. The number of hydrogen-bond donors (Lipinski definition) is 4. The van der Waals surface area contributed by atoms with E-state index < -0.39 is 29.2 Å². The predicted octanol–water partition coefficient (Wildman–Crippen LogP) is 0.848. The number of aromatic nitrogens is 2. The molecule has 2 amide bonds. The Hall–Kier alpha value is -3.30. The summed E-state index contributed by atoms with van der Waals surface area (Å²) in [6.45, 7) is 0.954. The maximum atomic E-state index is 13.0. The van der Waals surface area contributed by atoms with Gasteiger partial charge in [-0.3, -0.25) is 14.5 Å². The molecule has 200 valence electrons. The Labute approximate surface area is 230 Å². The van der Waals surface area contributed by atoms with Gasteiger partial charge in [0.15, 0.2) is 10.8 Å². The Morgan fingerprint density at radius 3 is 2.76 bits per heavy atom. The summed E-state index contributed by atoms with van der Waals surface area (Å²) in [5.74, 6) is -0.706. The van der Waals surface area contributed by atoms with Crippen LogP contribution in [0.3, 0.4) is 0 Å². The van der Waals surface area contributed by atoms with E-state index >= 15 is 0 Å². The first kappa shape index (κ1) is 26.3. The zero-order valence-corrected chi connectivity index (χ0v) is 22.8. The van der Waals surface area contributed by atoms with E-state index in [1.165, 1.54) is 48.4 Å². The Balaban J connectivity index is 1.23. The number of carboxylic acid groups (broad SMARTS) is 1. The van der Waals surface area contributed by atoms with E-state index in [0.29, 0.717) is 17.1 Å². The fraction of sp³-hybridized carbons (Fsp3) is 0.391. The number of β-lactam (4-membered cyclic amide) rings is 1. The van der Waals surface area contributed by atoms with Crippen molar-refractivity contribution < 1.29 is 29.0 Å². The smallest absolute Gasteiger partial charge is 0.352 e. The van der Waals surface area contributed by atoms with E-state index in [0.717, 1.165) is 28.7 Å². The van der Waals surface area contributed by atoms with E-state index in [9.17, 15) is 19.5 Å². The number of amides is 2. The molecule has 2 aliphatic heterocycles. The average molecular weight is 577 g/mol. The van der Waals surface area contributed by atoms with Crippen molar-refractivity contribution in [3.05, 3.63) is 46.9 Å². The molecule has 38 heavy (non-hydrogen) atoms. The molecule has 0 radical (unpaired) electrons. The maximum absolute atomic E-state index is 13.0. The second-order valence-electron chi connectivity index (χ2n) is 8.85. The van der Waals surface area contributed by atoms with Crippen LogP contribution in [0, 0.1) is 5.92 Å². The molecule has 1 saturated carbocycles. The number of aliphatic carboxylic acids is 1. The summed E-state index contributed by atoms with van der Waals surface area (Å²) in [4.78, 5) is 49.1. The Morgan fingerprint density at radius 1 is 1.37 bits per heavy atom. The number of nitrogens with one attached hydrogen (secondary N) is 2. The van der Waals surface area contributed by atoms with Gasteiger partial charge in [-0.05, 0) is 24.3 Å². The third-order valence-corrected chi connectivity index (χ3v) is 9.28. The summed E-state index contributed by atoms with van der Waals surface area (Å²) in [5.41, 5.74) is 9.75. The molecule has 12 nitrogen and oxygen atoms in total. The average Bonchev–Trinajstić information content (AvgIpc) is 3.65. The molecule has 0 aromatic carbocycles. The van der Waals surface area contributed by atoms with Crippen molar-refractivity contribution >= 4 is 63.5 Å². The maximum Gasteiger partial charge on any atom is 0.352 e. The number of hydrogen-bond acceptors (Lipinski definition) is 11. The minimum absolute atomic E-state index is 0.0214. The fourth-order valence-corrected chi connectivity index (χ4v) is 6.95. The van der Waals surface area contributed by atoms with Crippen molar-refractivity contribution in [2.45, 2.75) is 29.2 Å². The number of oxime groups is 1. The van der Waals surface area contributed by atoms with Crippen LogP contribution < -0.4 is 21.2 Å². The number of thioether (sulfide) groups is 2. The van der Waals surface area contributed by atoms with Gasteiger partial charge in [-0.25, -0.2) is 9.78 Å². The lowest BCUT2D eigenvalue weighted by molar-refractivity contribution is -0.650. The molecule has 3 aliphatic rings. The number of nitrogens with two attached hydrogens (primary N) is 1. The zero-order chi connectivity index (χ0) is 26.8. The largest absolute Gasteiger partial charge is 0.477 e. The van der Waals surface area contributed by atoms with Gasteiger partial charge in [-0.1, -0.05) is 9.83 Å².